The van der Waals surface area contributed by atoms with Crippen LogP contribution in [0.1, 0.15) is 58.6 Å². The third-order valence-electron chi connectivity index (χ3n) is 6.49. The number of benzene rings is 1. The number of likely N-dealkylation sites (tertiary alicyclic amines) is 1. The summed E-state index contributed by atoms with van der Waals surface area (Å²) in [6, 6.07) is 12.0. The smallest absolute Gasteiger partial charge is 0.239 e. The zero-order chi connectivity index (χ0) is 20.4. The van der Waals surface area contributed by atoms with Crippen molar-refractivity contribution in [2.75, 3.05) is 25.0 Å². The largest absolute Gasteiger partial charge is 0.309 e. The van der Waals surface area contributed by atoms with Crippen molar-refractivity contribution in [2.45, 2.75) is 58.3 Å². The number of rotatable bonds is 4. The summed E-state index contributed by atoms with van der Waals surface area (Å²) in [5, 5.41) is 7.93. The van der Waals surface area contributed by atoms with Crippen LogP contribution in [0.3, 0.4) is 0 Å². The van der Waals surface area contributed by atoms with E-state index < -0.39 is 0 Å². The van der Waals surface area contributed by atoms with Crippen LogP contribution in [0.15, 0.2) is 36.4 Å². The Hall–Kier alpha value is -2.14. The van der Waals surface area contributed by atoms with Crippen LogP contribution in [0.2, 0.25) is 0 Å². The van der Waals surface area contributed by atoms with Crippen molar-refractivity contribution >= 4 is 11.7 Å². The van der Waals surface area contributed by atoms with Crippen molar-refractivity contribution in [2.24, 2.45) is 11.8 Å². The van der Waals surface area contributed by atoms with Crippen LogP contribution >= 0.6 is 0 Å². The van der Waals surface area contributed by atoms with E-state index in [9.17, 15) is 4.79 Å². The molecule has 2 aromatic rings. The quantitative estimate of drug-likeness (QED) is 0.823. The molecule has 2 heterocycles. The summed E-state index contributed by atoms with van der Waals surface area (Å²) in [5.41, 5.74) is 1.85. The molecule has 29 heavy (non-hydrogen) atoms. The van der Waals surface area contributed by atoms with Gasteiger partial charge in [-0.05, 0) is 43.4 Å². The van der Waals surface area contributed by atoms with Crippen LogP contribution in [0.5, 0.6) is 0 Å². The standard InChI is InChI=1S/C24H34N4O/c1-24(2,3)21-15-22(28(26-21)20-11-5-4-6-12-20)25-23(29)17-27-14-13-18-9-7-8-10-19(18)16-27/h4-6,11-12,15,18-19H,7-10,13-14,16-17H2,1-3H3,(H,25,29). The molecule has 1 amide bonds. The molecule has 1 aromatic carbocycles. The molecule has 2 aliphatic rings. The normalized spacial score (nSPS) is 22.9. The molecule has 156 valence electrons. The summed E-state index contributed by atoms with van der Waals surface area (Å²) in [6.45, 7) is 9.01. The van der Waals surface area contributed by atoms with E-state index in [1.165, 1.54) is 32.1 Å². The summed E-state index contributed by atoms with van der Waals surface area (Å²) in [4.78, 5) is 15.2. The molecule has 1 aromatic heterocycles. The number of carbonyl (C=O) groups excluding carboxylic acids is 1. The minimum atomic E-state index is -0.0810. The number of anilines is 1. The molecule has 4 rings (SSSR count). The number of hydrogen-bond donors (Lipinski definition) is 1. The van der Waals surface area contributed by atoms with E-state index >= 15 is 0 Å². The Labute approximate surface area is 174 Å². The van der Waals surface area contributed by atoms with E-state index in [1.54, 1.807) is 0 Å². The number of amides is 1. The third kappa shape index (κ3) is 4.72. The van der Waals surface area contributed by atoms with E-state index in [-0.39, 0.29) is 11.3 Å². The zero-order valence-electron chi connectivity index (χ0n) is 18.0. The number of nitrogens with zero attached hydrogens (tertiary/aromatic N) is 3. The highest BCUT2D eigenvalue weighted by Gasteiger charge is 2.31. The van der Waals surface area contributed by atoms with Gasteiger partial charge in [-0.25, -0.2) is 4.68 Å². The van der Waals surface area contributed by atoms with Gasteiger partial charge in [0.25, 0.3) is 0 Å². The van der Waals surface area contributed by atoms with Gasteiger partial charge < -0.3 is 5.32 Å². The fourth-order valence-electron chi connectivity index (χ4n) is 4.81. The molecule has 5 nitrogen and oxygen atoms in total. The molecule has 1 aliphatic heterocycles. The second-order valence-electron chi connectivity index (χ2n) is 9.79. The molecule has 1 saturated carbocycles. The molecule has 0 spiro atoms. The highest BCUT2D eigenvalue weighted by Crippen LogP contribution is 2.36. The Morgan fingerprint density at radius 2 is 1.83 bits per heavy atom. The van der Waals surface area contributed by atoms with E-state index in [2.05, 4.69) is 31.0 Å². The van der Waals surface area contributed by atoms with Crippen molar-refractivity contribution in [1.29, 1.82) is 0 Å². The summed E-state index contributed by atoms with van der Waals surface area (Å²) < 4.78 is 1.85. The Kier molecular flexibility index (Phi) is 5.77. The molecule has 5 heteroatoms. The van der Waals surface area contributed by atoms with Gasteiger partial charge in [-0.3, -0.25) is 9.69 Å². The first-order valence-electron chi connectivity index (χ1n) is 11.1. The van der Waals surface area contributed by atoms with Crippen LogP contribution < -0.4 is 5.32 Å². The van der Waals surface area contributed by atoms with Crippen molar-refractivity contribution in [3.05, 3.63) is 42.1 Å². The maximum atomic E-state index is 12.9. The SMILES string of the molecule is CC(C)(C)c1cc(NC(=O)CN2CCC3CCCCC3C2)n(-c2ccccc2)n1. The van der Waals surface area contributed by atoms with E-state index in [1.807, 2.05) is 41.1 Å². The molecular weight excluding hydrogens is 360 g/mol. The van der Waals surface area contributed by atoms with Crippen LogP contribution in [0.4, 0.5) is 5.82 Å². The first-order valence-corrected chi connectivity index (χ1v) is 11.1. The summed E-state index contributed by atoms with van der Waals surface area (Å²) in [7, 11) is 0. The molecule has 2 fully saturated rings. The van der Waals surface area contributed by atoms with Crippen molar-refractivity contribution < 1.29 is 4.79 Å². The lowest BCUT2D eigenvalue weighted by molar-refractivity contribution is -0.118. The first-order chi connectivity index (χ1) is 13.9. The molecule has 2 unspecified atom stereocenters. The van der Waals surface area contributed by atoms with Gasteiger partial charge >= 0.3 is 0 Å². The lowest BCUT2D eigenvalue weighted by Gasteiger charge is -2.41. The molecule has 1 aliphatic carbocycles. The monoisotopic (exact) mass is 394 g/mol. The summed E-state index contributed by atoms with van der Waals surface area (Å²) >= 11 is 0. The Morgan fingerprint density at radius 3 is 2.55 bits per heavy atom. The topological polar surface area (TPSA) is 50.2 Å². The Bertz CT molecular complexity index is 836. The average molecular weight is 395 g/mol. The van der Waals surface area contributed by atoms with Gasteiger partial charge in [0, 0.05) is 18.0 Å². The van der Waals surface area contributed by atoms with Gasteiger partial charge in [0.2, 0.25) is 5.91 Å². The maximum absolute atomic E-state index is 12.9. The molecule has 0 bridgehead atoms. The average Bonchev–Trinajstić information content (AvgIpc) is 3.12. The van der Waals surface area contributed by atoms with E-state index in [0.29, 0.717) is 6.54 Å². The fraction of sp³-hybridized carbons (Fsp3) is 0.583. The number of hydrogen-bond acceptors (Lipinski definition) is 3. The minimum absolute atomic E-state index is 0.0526. The van der Waals surface area contributed by atoms with Crippen LogP contribution in [-0.2, 0) is 10.2 Å². The Morgan fingerprint density at radius 1 is 1.10 bits per heavy atom. The number of para-hydroxylation sites is 1. The highest BCUT2D eigenvalue weighted by molar-refractivity contribution is 5.91. The van der Waals surface area contributed by atoms with E-state index in [4.69, 9.17) is 5.10 Å². The molecular formula is C24H34N4O. The van der Waals surface area contributed by atoms with Crippen molar-refractivity contribution in [3.63, 3.8) is 0 Å². The van der Waals surface area contributed by atoms with Crippen molar-refractivity contribution in [3.8, 4) is 5.69 Å². The van der Waals surface area contributed by atoms with Gasteiger partial charge in [-0.15, -0.1) is 0 Å². The van der Waals surface area contributed by atoms with Gasteiger partial charge in [0.05, 0.1) is 17.9 Å². The van der Waals surface area contributed by atoms with Crippen LogP contribution in [0.25, 0.3) is 5.69 Å². The van der Waals surface area contributed by atoms with Gasteiger partial charge in [0.1, 0.15) is 5.82 Å². The lowest BCUT2D eigenvalue weighted by Crippen LogP contribution is -2.44. The first kappa shape index (κ1) is 20.1. The Balaban J connectivity index is 1.47. The number of carbonyl (C=O) groups is 1. The lowest BCUT2D eigenvalue weighted by atomic mass is 9.75. The second kappa shape index (κ2) is 8.31. The molecule has 1 N–H and O–H groups in total. The minimum Gasteiger partial charge on any atom is -0.309 e. The maximum Gasteiger partial charge on any atom is 0.239 e. The van der Waals surface area contributed by atoms with Gasteiger partial charge in [-0.1, -0.05) is 58.2 Å². The highest BCUT2D eigenvalue weighted by atomic mass is 16.2. The summed E-state index contributed by atoms with van der Waals surface area (Å²) in [5.74, 6) is 2.47. The number of aromatic nitrogens is 2. The van der Waals surface area contributed by atoms with Crippen LogP contribution in [0, 0.1) is 11.8 Å². The zero-order valence-corrected chi connectivity index (χ0v) is 18.0. The predicted octanol–water partition coefficient (Wildman–Crippen LogP) is 4.62. The molecule has 2 atom stereocenters. The van der Waals surface area contributed by atoms with Gasteiger partial charge in [0.15, 0.2) is 0 Å². The van der Waals surface area contributed by atoms with E-state index in [0.717, 1.165) is 42.1 Å². The van der Waals surface area contributed by atoms with Crippen LogP contribution in [-0.4, -0.2) is 40.2 Å². The summed E-state index contributed by atoms with van der Waals surface area (Å²) in [6.07, 6.45) is 6.71. The molecule has 1 saturated heterocycles. The fourth-order valence-corrected chi connectivity index (χ4v) is 4.81. The number of nitrogens with one attached hydrogen (secondary N) is 1. The number of fused-ring (bicyclic) bond motifs is 1. The predicted molar refractivity (Wildman–Crippen MR) is 117 cm³/mol. The second-order valence-corrected chi connectivity index (χ2v) is 9.79. The van der Waals surface area contributed by atoms with Gasteiger partial charge in [-0.2, -0.15) is 5.10 Å². The number of piperidine rings is 1. The van der Waals surface area contributed by atoms with Crippen molar-refractivity contribution in [1.82, 2.24) is 14.7 Å². The molecule has 0 radical (unpaired) electrons. The third-order valence-corrected chi connectivity index (χ3v) is 6.49.